The zero-order valence-electron chi connectivity index (χ0n) is 21.2. The number of benzene rings is 2. The lowest BCUT2D eigenvalue weighted by Crippen LogP contribution is -2.37. The number of esters is 1. The molecule has 0 aliphatic carbocycles. The van der Waals surface area contributed by atoms with E-state index < -0.39 is 18.5 Å². The van der Waals surface area contributed by atoms with Gasteiger partial charge in [-0.1, -0.05) is 56.2 Å². The fourth-order valence-electron chi connectivity index (χ4n) is 3.85. The summed E-state index contributed by atoms with van der Waals surface area (Å²) in [5, 5.41) is 7.80. The Hall–Kier alpha value is -4.01. The minimum atomic E-state index is -0.808. The molecule has 0 spiro atoms. The maximum absolute atomic E-state index is 12.9. The SMILES string of the molecule is CCCCCn1nc(C(=O)OCC(=O)N(C)CC(=O)Nc2c(C)cccc2C)c2ccccc2c1=O. The molecule has 0 atom stereocenters. The molecule has 0 aliphatic rings. The summed E-state index contributed by atoms with van der Waals surface area (Å²) in [6.45, 7) is 5.46. The van der Waals surface area contributed by atoms with Crippen molar-refractivity contribution in [3.05, 3.63) is 69.6 Å². The number of fused-ring (bicyclic) bond motifs is 1. The molecule has 0 saturated heterocycles. The van der Waals surface area contributed by atoms with Crippen molar-refractivity contribution in [1.82, 2.24) is 14.7 Å². The van der Waals surface area contributed by atoms with Gasteiger partial charge in [0, 0.05) is 24.7 Å². The van der Waals surface area contributed by atoms with Crippen LogP contribution in [-0.2, 0) is 20.9 Å². The molecule has 0 bridgehead atoms. The van der Waals surface area contributed by atoms with Crippen LogP contribution in [0.4, 0.5) is 5.69 Å². The molecule has 36 heavy (non-hydrogen) atoms. The Morgan fingerprint density at radius 3 is 2.33 bits per heavy atom. The molecule has 0 aliphatic heterocycles. The summed E-state index contributed by atoms with van der Waals surface area (Å²) in [6, 6.07) is 12.4. The fourth-order valence-corrected chi connectivity index (χ4v) is 3.85. The van der Waals surface area contributed by atoms with Gasteiger partial charge >= 0.3 is 5.97 Å². The standard InChI is InChI=1S/C27H32N4O5/c1-5-6-9-15-31-26(34)21-14-8-7-13-20(21)25(29-31)27(35)36-17-23(33)30(4)16-22(32)28-24-18(2)11-10-12-19(24)3/h7-8,10-14H,5-6,9,15-17H2,1-4H3,(H,28,32). The second-order valence-electron chi connectivity index (χ2n) is 8.77. The number of rotatable bonds is 10. The van der Waals surface area contributed by atoms with Gasteiger partial charge in [-0.05, 0) is 37.5 Å². The number of anilines is 1. The highest BCUT2D eigenvalue weighted by Gasteiger charge is 2.21. The molecule has 190 valence electrons. The Kier molecular flexibility index (Phi) is 8.94. The summed E-state index contributed by atoms with van der Waals surface area (Å²) in [5.41, 5.74) is 2.25. The molecule has 9 heteroatoms. The third-order valence-electron chi connectivity index (χ3n) is 5.91. The first-order chi connectivity index (χ1) is 17.2. The van der Waals surface area contributed by atoms with Gasteiger partial charge in [0.05, 0.1) is 11.9 Å². The monoisotopic (exact) mass is 492 g/mol. The molecule has 1 aromatic heterocycles. The van der Waals surface area contributed by atoms with Crippen LogP contribution in [-0.4, -0.2) is 52.7 Å². The zero-order valence-corrected chi connectivity index (χ0v) is 21.2. The van der Waals surface area contributed by atoms with Crippen LogP contribution in [0.15, 0.2) is 47.3 Å². The number of aromatic nitrogens is 2. The molecule has 3 aromatic rings. The van der Waals surface area contributed by atoms with E-state index in [2.05, 4.69) is 17.3 Å². The molecular weight excluding hydrogens is 460 g/mol. The number of unbranched alkanes of at least 4 members (excludes halogenated alkanes) is 2. The van der Waals surface area contributed by atoms with Gasteiger partial charge in [-0.25, -0.2) is 9.48 Å². The molecule has 0 radical (unpaired) electrons. The second-order valence-corrected chi connectivity index (χ2v) is 8.77. The van der Waals surface area contributed by atoms with Crippen LogP contribution >= 0.6 is 0 Å². The van der Waals surface area contributed by atoms with E-state index in [0.29, 0.717) is 23.0 Å². The van der Waals surface area contributed by atoms with Crippen molar-refractivity contribution in [2.75, 3.05) is 25.5 Å². The fraction of sp³-hybridized carbons (Fsp3) is 0.370. The Morgan fingerprint density at radius 2 is 1.67 bits per heavy atom. The van der Waals surface area contributed by atoms with Gasteiger partial charge in [-0.15, -0.1) is 0 Å². The van der Waals surface area contributed by atoms with Crippen molar-refractivity contribution in [2.24, 2.45) is 0 Å². The number of hydrogen-bond donors (Lipinski definition) is 1. The van der Waals surface area contributed by atoms with Crippen molar-refractivity contribution >= 4 is 34.2 Å². The smallest absolute Gasteiger partial charge is 0.359 e. The van der Waals surface area contributed by atoms with Crippen LogP contribution in [0.2, 0.25) is 0 Å². The summed E-state index contributed by atoms with van der Waals surface area (Å²) in [7, 11) is 1.46. The van der Waals surface area contributed by atoms with Gasteiger partial charge in [0.15, 0.2) is 12.3 Å². The summed E-state index contributed by atoms with van der Waals surface area (Å²) < 4.78 is 6.52. The maximum Gasteiger partial charge on any atom is 0.359 e. The van der Waals surface area contributed by atoms with Crippen molar-refractivity contribution in [3.63, 3.8) is 0 Å². The highest BCUT2D eigenvalue weighted by molar-refractivity contribution is 6.02. The van der Waals surface area contributed by atoms with E-state index in [-0.39, 0.29) is 23.7 Å². The number of amides is 2. The van der Waals surface area contributed by atoms with Gasteiger partial charge < -0.3 is 15.0 Å². The maximum atomic E-state index is 12.9. The Bertz CT molecular complexity index is 1310. The number of ether oxygens (including phenoxy) is 1. The van der Waals surface area contributed by atoms with Crippen LogP contribution in [0.25, 0.3) is 10.8 Å². The first-order valence-corrected chi connectivity index (χ1v) is 12.0. The van der Waals surface area contributed by atoms with Crippen molar-refractivity contribution in [1.29, 1.82) is 0 Å². The summed E-state index contributed by atoms with van der Waals surface area (Å²) in [6.07, 6.45) is 2.66. The van der Waals surface area contributed by atoms with E-state index in [0.717, 1.165) is 30.4 Å². The largest absolute Gasteiger partial charge is 0.451 e. The number of para-hydroxylation sites is 1. The average Bonchev–Trinajstić information content (AvgIpc) is 2.86. The Labute approximate surface area is 210 Å². The topological polar surface area (TPSA) is 111 Å². The zero-order chi connectivity index (χ0) is 26.2. The lowest BCUT2D eigenvalue weighted by molar-refractivity contribution is -0.136. The third-order valence-corrected chi connectivity index (χ3v) is 5.91. The quantitative estimate of drug-likeness (QED) is 0.343. The van der Waals surface area contributed by atoms with E-state index >= 15 is 0 Å². The predicted octanol–water partition coefficient (Wildman–Crippen LogP) is 3.46. The molecule has 0 saturated carbocycles. The lowest BCUT2D eigenvalue weighted by Gasteiger charge is -2.18. The molecule has 3 rings (SSSR count). The first kappa shape index (κ1) is 26.6. The lowest BCUT2D eigenvalue weighted by atomic mass is 10.1. The first-order valence-electron chi connectivity index (χ1n) is 12.0. The van der Waals surface area contributed by atoms with Crippen LogP contribution < -0.4 is 10.9 Å². The van der Waals surface area contributed by atoms with Crippen LogP contribution in [0.5, 0.6) is 0 Å². The number of nitrogens with one attached hydrogen (secondary N) is 1. The summed E-state index contributed by atoms with van der Waals surface area (Å²) >= 11 is 0. The summed E-state index contributed by atoms with van der Waals surface area (Å²) in [4.78, 5) is 51.8. The number of aryl methyl sites for hydroxylation is 3. The van der Waals surface area contributed by atoms with Gasteiger partial charge in [0.25, 0.3) is 11.5 Å². The third kappa shape index (κ3) is 6.35. The van der Waals surface area contributed by atoms with Gasteiger partial charge in [-0.3, -0.25) is 14.4 Å². The van der Waals surface area contributed by atoms with Crippen molar-refractivity contribution in [3.8, 4) is 0 Å². The molecule has 1 heterocycles. The van der Waals surface area contributed by atoms with Crippen LogP contribution in [0, 0.1) is 13.8 Å². The number of likely N-dealkylation sites (N-methyl/N-ethyl adjacent to an activating group) is 1. The normalized spacial score (nSPS) is 10.8. The van der Waals surface area contributed by atoms with E-state index in [9.17, 15) is 19.2 Å². The molecule has 2 aromatic carbocycles. The van der Waals surface area contributed by atoms with E-state index in [4.69, 9.17) is 4.74 Å². The van der Waals surface area contributed by atoms with Crippen molar-refractivity contribution in [2.45, 2.75) is 46.6 Å². The minimum Gasteiger partial charge on any atom is -0.451 e. The highest BCUT2D eigenvalue weighted by atomic mass is 16.5. The molecule has 2 amide bonds. The number of carbonyl (C=O) groups excluding carboxylic acids is 3. The minimum absolute atomic E-state index is 0.0232. The van der Waals surface area contributed by atoms with E-state index in [1.165, 1.54) is 16.6 Å². The van der Waals surface area contributed by atoms with Gasteiger partial charge in [0.1, 0.15) is 0 Å². The highest BCUT2D eigenvalue weighted by Crippen LogP contribution is 2.19. The van der Waals surface area contributed by atoms with Crippen LogP contribution in [0.3, 0.4) is 0 Å². The van der Waals surface area contributed by atoms with Gasteiger partial charge in [-0.2, -0.15) is 5.10 Å². The second kappa shape index (κ2) is 12.1. The predicted molar refractivity (Wildman–Crippen MR) is 138 cm³/mol. The van der Waals surface area contributed by atoms with E-state index in [1.54, 1.807) is 24.3 Å². The number of carbonyl (C=O) groups is 3. The Balaban J connectivity index is 1.66. The molecule has 0 fully saturated rings. The van der Waals surface area contributed by atoms with E-state index in [1.807, 2.05) is 32.0 Å². The number of hydrogen-bond acceptors (Lipinski definition) is 6. The van der Waals surface area contributed by atoms with Crippen LogP contribution in [0.1, 0.15) is 47.8 Å². The number of nitrogens with zero attached hydrogens (tertiary/aromatic N) is 3. The van der Waals surface area contributed by atoms with Gasteiger partial charge in [0.2, 0.25) is 5.91 Å². The molecular formula is C27H32N4O5. The Morgan fingerprint density at radius 1 is 1.00 bits per heavy atom. The molecule has 9 nitrogen and oxygen atoms in total. The summed E-state index contributed by atoms with van der Waals surface area (Å²) in [5.74, 6) is -1.71. The molecule has 1 N–H and O–H groups in total. The van der Waals surface area contributed by atoms with Crippen molar-refractivity contribution < 1.29 is 19.1 Å². The molecule has 0 unspecified atom stereocenters. The average molecular weight is 493 g/mol.